The summed E-state index contributed by atoms with van der Waals surface area (Å²) in [5, 5.41) is 17.2. The SMILES string of the molecule is O=C(O)c1ccc2nnc(CC3CCCCO3)n2c1. The molecule has 1 saturated heterocycles. The van der Waals surface area contributed by atoms with Crippen LogP contribution in [0.2, 0.25) is 0 Å². The Kier molecular flexibility index (Phi) is 3.16. The van der Waals surface area contributed by atoms with Gasteiger partial charge in [-0.25, -0.2) is 4.79 Å². The van der Waals surface area contributed by atoms with Crippen LogP contribution in [0.15, 0.2) is 18.3 Å². The van der Waals surface area contributed by atoms with Gasteiger partial charge in [0.15, 0.2) is 5.65 Å². The molecule has 3 rings (SSSR count). The molecule has 0 bridgehead atoms. The van der Waals surface area contributed by atoms with Crippen molar-refractivity contribution in [3.05, 3.63) is 29.7 Å². The smallest absolute Gasteiger partial charge is 0.337 e. The van der Waals surface area contributed by atoms with Crippen LogP contribution in [0.3, 0.4) is 0 Å². The van der Waals surface area contributed by atoms with Crippen LogP contribution in [0, 0.1) is 0 Å². The van der Waals surface area contributed by atoms with Crippen LogP contribution in [0.1, 0.15) is 35.4 Å². The second kappa shape index (κ2) is 4.97. The van der Waals surface area contributed by atoms with Crippen molar-refractivity contribution in [3.63, 3.8) is 0 Å². The van der Waals surface area contributed by atoms with Gasteiger partial charge in [0.1, 0.15) is 5.82 Å². The lowest BCUT2D eigenvalue weighted by Gasteiger charge is -2.21. The number of aromatic nitrogens is 3. The number of hydrogen-bond acceptors (Lipinski definition) is 4. The molecule has 0 saturated carbocycles. The number of nitrogens with zero attached hydrogens (tertiary/aromatic N) is 3. The third kappa shape index (κ3) is 2.44. The van der Waals surface area contributed by atoms with Crippen LogP contribution < -0.4 is 0 Å². The van der Waals surface area contributed by atoms with Crippen molar-refractivity contribution in [2.24, 2.45) is 0 Å². The fraction of sp³-hybridized carbons (Fsp3) is 0.462. The molecule has 0 radical (unpaired) electrons. The molecule has 0 aliphatic carbocycles. The first-order chi connectivity index (χ1) is 9.24. The largest absolute Gasteiger partial charge is 0.478 e. The zero-order valence-electron chi connectivity index (χ0n) is 10.5. The van der Waals surface area contributed by atoms with Crippen LogP contribution in [0.5, 0.6) is 0 Å². The number of carbonyl (C=O) groups is 1. The van der Waals surface area contributed by atoms with E-state index in [-0.39, 0.29) is 11.7 Å². The summed E-state index contributed by atoms with van der Waals surface area (Å²) in [4.78, 5) is 11.0. The number of pyridine rings is 1. The van der Waals surface area contributed by atoms with E-state index in [1.165, 1.54) is 12.5 Å². The summed E-state index contributed by atoms with van der Waals surface area (Å²) in [7, 11) is 0. The van der Waals surface area contributed by atoms with E-state index in [1.54, 1.807) is 16.7 Å². The van der Waals surface area contributed by atoms with Crippen LogP contribution >= 0.6 is 0 Å². The molecule has 6 heteroatoms. The zero-order valence-corrected chi connectivity index (χ0v) is 10.5. The minimum atomic E-state index is -0.949. The number of aromatic carboxylic acids is 1. The van der Waals surface area contributed by atoms with Crippen LogP contribution in [-0.2, 0) is 11.2 Å². The maximum Gasteiger partial charge on any atom is 0.337 e. The molecule has 1 atom stereocenters. The molecule has 1 aliphatic rings. The molecule has 0 aromatic carbocycles. The van der Waals surface area contributed by atoms with E-state index in [1.807, 2.05) is 0 Å². The summed E-state index contributed by atoms with van der Waals surface area (Å²) in [6.07, 6.45) is 5.70. The molecule has 1 aliphatic heterocycles. The van der Waals surface area contributed by atoms with E-state index >= 15 is 0 Å². The zero-order chi connectivity index (χ0) is 13.2. The van der Waals surface area contributed by atoms with Crippen LogP contribution in [0.25, 0.3) is 5.65 Å². The Morgan fingerprint density at radius 1 is 1.42 bits per heavy atom. The number of fused-ring (bicyclic) bond motifs is 1. The molecule has 1 N–H and O–H groups in total. The summed E-state index contributed by atoms with van der Waals surface area (Å²) < 4.78 is 7.42. The topological polar surface area (TPSA) is 76.7 Å². The quantitative estimate of drug-likeness (QED) is 0.906. The molecule has 0 spiro atoms. The van der Waals surface area contributed by atoms with Crippen molar-refractivity contribution in [1.82, 2.24) is 14.6 Å². The number of hydrogen-bond donors (Lipinski definition) is 1. The average molecular weight is 261 g/mol. The van der Waals surface area contributed by atoms with Gasteiger partial charge in [-0.15, -0.1) is 10.2 Å². The Labute approximate surface area is 110 Å². The van der Waals surface area contributed by atoms with E-state index in [0.717, 1.165) is 25.3 Å². The average Bonchev–Trinajstić information content (AvgIpc) is 2.82. The van der Waals surface area contributed by atoms with Crippen molar-refractivity contribution >= 4 is 11.6 Å². The highest BCUT2D eigenvalue weighted by Crippen LogP contribution is 2.17. The Morgan fingerprint density at radius 3 is 3.05 bits per heavy atom. The van der Waals surface area contributed by atoms with E-state index in [9.17, 15) is 4.79 Å². The maximum absolute atomic E-state index is 11.0. The Balaban J connectivity index is 1.89. The predicted molar refractivity (Wildman–Crippen MR) is 67.2 cm³/mol. The molecule has 3 heterocycles. The summed E-state index contributed by atoms with van der Waals surface area (Å²) in [6, 6.07) is 3.20. The molecule has 2 aromatic rings. The molecule has 1 fully saturated rings. The highest BCUT2D eigenvalue weighted by atomic mass is 16.5. The summed E-state index contributed by atoms with van der Waals surface area (Å²) >= 11 is 0. The summed E-state index contributed by atoms with van der Waals surface area (Å²) in [5.41, 5.74) is 0.897. The van der Waals surface area contributed by atoms with Gasteiger partial charge < -0.3 is 9.84 Å². The number of rotatable bonds is 3. The standard InChI is InChI=1S/C13H15N3O3/c17-13(18)9-4-5-11-14-15-12(16(11)8-9)7-10-3-1-2-6-19-10/h4-5,8,10H,1-3,6-7H2,(H,17,18). The second-order valence-corrected chi connectivity index (χ2v) is 4.76. The fourth-order valence-electron chi connectivity index (χ4n) is 2.38. The van der Waals surface area contributed by atoms with Crippen molar-refractivity contribution in [2.75, 3.05) is 6.61 Å². The third-order valence-electron chi connectivity index (χ3n) is 3.40. The first kappa shape index (κ1) is 12.1. The normalized spacial score (nSPS) is 19.7. The first-order valence-electron chi connectivity index (χ1n) is 6.42. The predicted octanol–water partition coefficient (Wildman–Crippen LogP) is 1.54. The Morgan fingerprint density at radius 2 is 2.32 bits per heavy atom. The lowest BCUT2D eigenvalue weighted by Crippen LogP contribution is -2.22. The van der Waals surface area contributed by atoms with Crippen LogP contribution in [-0.4, -0.2) is 38.4 Å². The summed E-state index contributed by atoms with van der Waals surface area (Å²) in [5.74, 6) is -0.194. The van der Waals surface area contributed by atoms with Crippen molar-refractivity contribution in [2.45, 2.75) is 31.8 Å². The second-order valence-electron chi connectivity index (χ2n) is 4.76. The van der Waals surface area contributed by atoms with Gasteiger partial charge in [-0.2, -0.15) is 0 Å². The lowest BCUT2D eigenvalue weighted by atomic mass is 10.1. The highest BCUT2D eigenvalue weighted by Gasteiger charge is 2.18. The Hall–Kier alpha value is -1.95. The number of carboxylic acid groups (broad SMARTS) is 1. The molecule has 2 aromatic heterocycles. The van der Waals surface area contributed by atoms with Gasteiger partial charge in [0, 0.05) is 19.2 Å². The van der Waals surface area contributed by atoms with Crippen molar-refractivity contribution < 1.29 is 14.6 Å². The highest BCUT2D eigenvalue weighted by molar-refractivity contribution is 5.87. The van der Waals surface area contributed by atoms with Crippen molar-refractivity contribution in [3.8, 4) is 0 Å². The number of ether oxygens (including phenoxy) is 1. The van der Waals surface area contributed by atoms with Gasteiger partial charge in [0.25, 0.3) is 0 Å². The molecule has 0 amide bonds. The third-order valence-corrected chi connectivity index (χ3v) is 3.40. The molecule has 19 heavy (non-hydrogen) atoms. The molecule has 100 valence electrons. The molecular weight excluding hydrogens is 246 g/mol. The van der Waals surface area contributed by atoms with Gasteiger partial charge >= 0.3 is 5.97 Å². The molecule has 6 nitrogen and oxygen atoms in total. The Bertz CT molecular complexity index is 602. The van der Waals surface area contributed by atoms with Gasteiger partial charge in [-0.1, -0.05) is 0 Å². The molecular formula is C13H15N3O3. The van der Waals surface area contributed by atoms with E-state index < -0.39 is 5.97 Å². The van der Waals surface area contributed by atoms with E-state index in [2.05, 4.69) is 10.2 Å². The van der Waals surface area contributed by atoms with Crippen LogP contribution in [0.4, 0.5) is 0 Å². The van der Waals surface area contributed by atoms with Crippen molar-refractivity contribution in [1.29, 1.82) is 0 Å². The van der Waals surface area contributed by atoms with Gasteiger partial charge in [-0.05, 0) is 31.4 Å². The minimum absolute atomic E-state index is 0.162. The molecule has 1 unspecified atom stereocenters. The monoisotopic (exact) mass is 261 g/mol. The van der Waals surface area contributed by atoms with E-state index in [4.69, 9.17) is 9.84 Å². The van der Waals surface area contributed by atoms with Gasteiger partial charge in [-0.3, -0.25) is 4.40 Å². The van der Waals surface area contributed by atoms with E-state index in [0.29, 0.717) is 12.1 Å². The maximum atomic E-state index is 11.0. The van der Waals surface area contributed by atoms with Gasteiger partial charge in [0.2, 0.25) is 0 Å². The fourth-order valence-corrected chi connectivity index (χ4v) is 2.38. The first-order valence-corrected chi connectivity index (χ1v) is 6.42. The summed E-state index contributed by atoms with van der Waals surface area (Å²) in [6.45, 7) is 0.793. The van der Waals surface area contributed by atoms with Gasteiger partial charge in [0.05, 0.1) is 11.7 Å². The lowest BCUT2D eigenvalue weighted by molar-refractivity contribution is 0.0155. The number of carboxylic acids is 1. The minimum Gasteiger partial charge on any atom is -0.478 e.